The molecule has 1 amide bonds. The third-order valence-electron chi connectivity index (χ3n) is 5.26. The Bertz CT molecular complexity index is 814. The third kappa shape index (κ3) is 2.06. The number of amides is 1. The van der Waals surface area contributed by atoms with E-state index in [0.717, 1.165) is 17.1 Å². The van der Waals surface area contributed by atoms with E-state index in [-0.39, 0.29) is 11.7 Å². The Kier molecular flexibility index (Phi) is 3.23. The fourth-order valence-electron chi connectivity index (χ4n) is 3.94. The maximum absolute atomic E-state index is 13.8. The maximum Gasteiger partial charge on any atom is 0.237 e. The lowest BCUT2D eigenvalue weighted by molar-refractivity contribution is -0.123. The van der Waals surface area contributed by atoms with Crippen molar-refractivity contribution in [2.24, 2.45) is 0 Å². The Morgan fingerprint density at radius 3 is 2.67 bits per heavy atom. The Hall–Kier alpha value is -2.63. The summed E-state index contributed by atoms with van der Waals surface area (Å²) in [5.41, 5.74) is 7.51. The predicted octanol–water partition coefficient (Wildman–Crippen LogP) is 2.32. The van der Waals surface area contributed by atoms with Crippen molar-refractivity contribution >= 4 is 23.1 Å². The summed E-state index contributed by atoms with van der Waals surface area (Å²) in [6.07, 6.45) is 2.97. The summed E-state index contributed by atoms with van der Waals surface area (Å²) in [6.45, 7) is 1.37. The Balaban J connectivity index is 1.65. The van der Waals surface area contributed by atoms with Gasteiger partial charge in [0.05, 0.1) is 5.41 Å². The highest BCUT2D eigenvalue weighted by Crippen LogP contribution is 2.47. The molecule has 1 fully saturated rings. The van der Waals surface area contributed by atoms with Crippen LogP contribution in [-0.4, -0.2) is 31.0 Å². The molecule has 0 saturated carbocycles. The minimum Gasteiger partial charge on any atom is -0.399 e. The van der Waals surface area contributed by atoms with E-state index in [1.807, 2.05) is 6.07 Å². The zero-order chi connectivity index (χ0) is 16.9. The number of nitrogens with two attached hydrogens (primary N) is 1. The zero-order valence-electron chi connectivity index (χ0n) is 13.5. The second-order valence-corrected chi connectivity index (χ2v) is 6.54. The average molecular weight is 326 g/mol. The van der Waals surface area contributed by atoms with Gasteiger partial charge in [0.2, 0.25) is 5.91 Å². The Labute approximate surface area is 139 Å². The molecule has 0 unspecified atom stereocenters. The van der Waals surface area contributed by atoms with Gasteiger partial charge in [0.15, 0.2) is 0 Å². The summed E-state index contributed by atoms with van der Waals surface area (Å²) in [5.74, 6) is 0.586. The number of fused-ring (bicyclic) bond motifs is 2. The van der Waals surface area contributed by atoms with Gasteiger partial charge in [0.25, 0.3) is 0 Å². The van der Waals surface area contributed by atoms with Crippen LogP contribution in [0.25, 0.3) is 0 Å². The number of pyridine rings is 1. The number of halogens is 1. The number of likely N-dealkylation sites (N-methyl/N-ethyl adjacent to an activating group) is 1. The smallest absolute Gasteiger partial charge is 0.237 e. The van der Waals surface area contributed by atoms with Crippen molar-refractivity contribution in [3.8, 4) is 0 Å². The number of nitrogens with zero attached hydrogens (tertiary/aromatic N) is 3. The van der Waals surface area contributed by atoms with Crippen LogP contribution in [0.5, 0.6) is 0 Å². The van der Waals surface area contributed by atoms with E-state index in [1.54, 1.807) is 30.3 Å². The van der Waals surface area contributed by atoms with Crippen LogP contribution in [0, 0.1) is 5.82 Å². The first-order valence-corrected chi connectivity index (χ1v) is 8.06. The zero-order valence-corrected chi connectivity index (χ0v) is 13.5. The Morgan fingerprint density at radius 1 is 1.21 bits per heavy atom. The molecule has 0 atom stereocenters. The van der Waals surface area contributed by atoms with Gasteiger partial charge < -0.3 is 15.5 Å². The number of carbonyl (C=O) groups is 1. The largest absolute Gasteiger partial charge is 0.399 e. The third-order valence-corrected chi connectivity index (χ3v) is 5.26. The van der Waals surface area contributed by atoms with Crippen LogP contribution in [-0.2, 0) is 10.2 Å². The summed E-state index contributed by atoms with van der Waals surface area (Å²) < 4.78 is 13.8. The molecule has 1 saturated heterocycles. The number of carbonyl (C=O) groups excluding carboxylic acids is 1. The van der Waals surface area contributed by atoms with Gasteiger partial charge in [0, 0.05) is 43.8 Å². The molecule has 2 aromatic rings. The normalized spacial score (nSPS) is 19.0. The fourth-order valence-corrected chi connectivity index (χ4v) is 3.94. The van der Waals surface area contributed by atoms with E-state index in [4.69, 9.17) is 5.73 Å². The summed E-state index contributed by atoms with van der Waals surface area (Å²) >= 11 is 0. The standard InChI is InChI=1S/C18H19FN4O/c1-22-15-3-2-12(19)10-14(15)18(17(22)24)5-8-23(9-6-18)16-11-13(20)4-7-21-16/h2-4,7,10-11H,5-6,8-9H2,1H3,(H2,20,21). The molecule has 5 nitrogen and oxygen atoms in total. The van der Waals surface area contributed by atoms with E-state index in [1.165, 1.54) is 12.1 Å². The van der Waals surface area contributed by atoms with Gasteiger partial charge in [-0.2, -0.15) is 0 Å². The summed E-state index contributed by atoms with van der Waals surface area (Å²) in [7, 11) is 1.76. The topological polar surface area (TPSA) is 62.5 Å². The number of nitrogen functional groups attached to an aromatic ring is 1. The molecule has 0 radical (unpaired) electrons. The molecule has 24 heavy (non-hydrogen) atoms. The van der Waals surface area contributed by atoms with Crippen molar-refractivity contribution in [2.75, 3.05) is 35.7 Å². The number of benzene rings is 1. The van der Waals surface area contributed by atoms with E-state index in [2.05, 4.69) is 9.88 Å². The molecule has 1 aromatic heterocycles. The Morgan fingerprint density at radius 2 is 1.96 bits per heavy atom. The summed E-state index contributed by atoms with van der Waals surface area (Å²) in [6, 6.07) is 8.22. The van der Waals surface area contributed by atoms with Gasteiger partial charge in [-0.05, 0) is 42.7 Å². The van der Waals surface area contributed by atoms with Gasteiger partial charge in [0.1, 0.15) is 11.6 Å². The van der Waals surface area contributed by atoms with Crippen LogP contribution in [0.4, 0.5) is 21.6 Å². The molecule has 0 bridgehead atoms. The molecular weight excluding hydrogens is 307 g/mol. The molecule has 3 heterocycles. The lowest BCUT2D eigenvalue weighted by atomic mass is 9.73. The van der Waals surface area contributed by atoms with Crippen LogP contribution in [0.15, 0.2) is 36.5 Å². The first kappa shape index (κ1) is 14.9. The summed E-state index contributed by atoms with van der Waals surface area (Å²) in [4.78, 5) is 21.0. The van der Waals surface area contributed by atoms with Gasteiger partial charge in [-0.3, -0.25) is 4.79 Å². The molecule has 2 N–H and O–H groups in total. The van der Waals surface area contributed by atoms with Crippen LogP contribution < -0.4 is 15.5 Å². The van der Waals surface area contributed by atoms with Crippen molar-refractivity contribution in [2.45, 2.75) is 18.3 Å². The maximum atomic E-state index is 13.8. The number of aromatic nitrogens is 1. The summed E-state index contributed by atoms with van der Waals surface area (Å²) in [5, 5.41) is 0. The van der Waals surface area contributed by atoms with Gasteiger partial charge >= 0.3 is 0 Å². The van der Waals surface area contributed by atoms with Crippen molar-refractivity contribution < 1.29 is 9.18 Å². The number of piperidine rings is 1. The second-order valence-electron chi connectivity index (χ2n) is 6.54. The minimum absolute atomic E-state index is 0.0586. The molecule has 0 aliphatic carbocycles. The molecule has 1 spiro atoms. The highest BCUT2D eigenvalue weighted by atomic mass is 19.1. The predicted molar refractivity (Wildman–Crippen MR) is 91.6 cm³/mol. The molecule has 6 heteroatoms. The van der Waals surface area contributed by atoms with Gasteiger partial charge in [-0.25, -0.2) is 9.37 Å². The van der Waals surface area contributed by atoms with Crippen LogP contribution in [0.3, 0.4) is 0 Å². The molecule has 124 valence electrons. The van der Waals surface area contributed by atoms with E-state index < -0.39 is 5.41 Å². The molecular formula is C18H19FN4O. The van der Waals surface area contributed by atoms with E-state index in [9.17, 15) is 9.18 Å². The van der Waals surface area contributed by atoms with Crippen molar-refractivity contribution in [1.29, 1.82) is 0 Å². The van der Waals surface area contributed by atoms with E-state index in [0.29, 0.717) is 31.6 Å². The number of anilines is 3. The van der Waals surface area contributed by atoms with Crippen molar-refractivity contribution in [1.82, 2.24) is 4.98 Å². The van der Waals surface area contributed by atoms with Gasteiger partial charge in [-0.15, -0.1) is 0 Å². The monoisotopic (exact) mass is 326 g/mol. The van der Waals surface area contributed by atoms with Crippen molar-refractivity contribution in [3.05, 3.63) is 47.9 Å². The number of hydrogen-bond donors (Lipinski definition) is 1. The first-order chi connectivity index (χ1) is 11.5. The average Bonchev–Trinajstić information content (AvgIpc) is 2.78. The minimum atomic E-state index is -0.622. The lowest BCUT2D eigenvalue weighted by Crippen LogP contribution is -2.48. The number of rotatable bonds is 1. The van der Waals surface area contributed by atoms with E-state index >= 15 is 0 Å². The molecule has 4 rings (SSSR count). The first-order valence-electron chi connectivity index (χ1n) is 8.06. The fraction of sp³-hybridized carbons (Fsp3) is 0.333. The SMILES string of the molecule is CN1C(=O)C2(CCN(c3cc(N)ccn3)CC2)c2cc(F)ccc21. The molecule has 1 aromatic carbocycles. The van der Waals surface area contributed by atoms with Gasteiger partial charge in [-0.1, -0.05) is 0 Å². The molecule has 2 aliphatic heterocycles. The second kappa shape index (κ2) is 5.19. The van der Waals surface area contributed by atoms with Crippen molar-refractivity contribution in [3.63, 3.8) is 0 Å². The quantitative estimate of drug-likeness (QED) is 0.873. The highest BCUT2D eigenvalue weighted by Gasteiger charge is 2.51. The number of hydrogen-bond acceptors (Lipinski definition) is 4. The van der Waals surface area contributed by atoms with Crippen LogP contribution in [0.1, 0.15) is 18.4 Å². The molecule has 2 aliphatic rings. The van der Waals surface area contributed by atoms with Crippen LogP contribution >= 0.6 is 0 Å². The highest BCUT2D eigenvalue weighted by molar-refractivity contribution is 6.08. The van der Waals surface area contributed by atoms with Crippen LogP contribution in [0.2, 0.25) is 0 Å². The lowest BCUT2D eigenvalue weighted by Gasteiger charge is -2.39.